The van der Waals surface area contributed by atoms with Gasteiger partial charge in [0.15, 0.2) is 5.11 Å². The summed E-state index contributed by atoms with van der Waals surface area (Å²) in [6.45, 7) is 9.02. The van der Waals surface area contributed by atoms with Crippen LogP contribution in [0.15, 0.2) is 54.6 Å². The Morgan fingerprint density at radius 3 is 2.55 bits per heavy atom. The smallest absolute Gasteiger partial charge is 0.408 e. The number of ether oxygens (including phenoxy) is 1. The standard InChI is InChI=1S/C21H25N3O4S/c1-5-11-24-18(26)16(17(25)23-19(24)29)13-15(12-14-9-7-6-8-10-14)22-20(27)28-21(2,3)4/h5-10,13,15H,1,11-12H2,2-4H3,(H,22,27)(H,23,25,29)/b16-13+/t15-/m0/s1. The molecule has 0 aliphatic carbocycles. The first-order valence-corrected chi connectivity index (χ1v) is 9.55. The highest BCUT2D eigenvalue weighted by molar-refractivity contribution is 7.80. The van der Waals surface area contributed by atoms with E-state index in [1.54, 1.807) is 20.8 Å². The maximum absolute atomic E-state index is 12.8. The van der Waals surface area contributed by atoms with Crippen LogP contribution in [-0.2, 0) is 20.7 Å². The van der Waals surface area contributed by atoms with Crippen molar-refractivity contribution in [1.82, 2.24) is 15.5 Å². The number of carbonyl (C=O) groups is 3. The molecule has 8 heteroatoms. The molecule has 1 fully saturated rings. The van der Waals surface area contributed by atoms with E-state index in [1.165, 1.54) is 17.1 Å². The number of thiocarbonyl (C=S) groups is 1. The van der Waals surface area contributed by atoms with Crippen molar-refractivity contribution in [1.29, 1.82) is 0 Å². The van der Waals surface area contributed by atoms with Gasteiger partial charge in [-0.2, -0.15) is 0 Å². The van der Waals surface area contributed by atoms with Gasteiger partial charge in [0.1, 0.15) is 11.2 Å². The zero-order valence-electron chi connectivity index (χ0n) is 16.7. The molecule has 7 nitrogen and oxygen atoms in total. The lowest BCUT2D eigenvalue weighted by molar-refractivity contribution is -0.128. The van der Waals surface area contributed by atoms with Crippen LogP contribution in [0.5, 0.6) is 0 Å². The molecule has 0 saturated carbocycles. The Kier molecular flexibility index (Phi) is 7.28. The number of hydrogen-bond acceptors (Lipinski definition) is 5. The zero-order valence-corrected chi connectivity index (χ0v) is 17.5. The molecule has 0 spiro atoms. The second-order valence-electron chi connectivity index (χ2n) is 7.49. The van der Waals surface area contributed by atoms with Crippen molar-refractivity contribution < 1.29 is 19.1 Å². The number of benzene rings is 1. The van der Waals surface area contributed by atoms with Crippen LogP contribution >= 0.6 is 12.2 Å². The summed E-state index contributed by atoms with van der Waals surface area (Å²) >= 11 is 5.06. The van der Waals surface area contributed by atoms with Crippen LogP contribution in [0, 0.1) is 0 Å². The predicted octanol–water partition coefficient (Wildman–Crippen LogP) is 2.48. The molecule has 29 heavy (non-hydrogen) atoms. The topological polar surface area (TPSA) is 87.7 Å². The van der Waals surface area contributed by atoms with Crippen molar-refractivity contribution in [3.05, 3.63) is 60.2 Å². The average molecular weight is 416 g/mol. The molecular weight excluding hydrogens is 390 g/mol. The molecule has 3 amide bonds. The second-order valence-corrected chi connectivity index (χ2v) is 7.87. The number of carbonyl (C=O) groups excluding carboxylic acids is 3. The lowest BCUT2D eigenvalue weighted by Crippen LogP contribution is -2.54. The number of rotatable bonds is 6. The number of nitrogens with zero attached hydrogens (tertiary/aromatic N) is 1. The van der Waals surface area contributed by atoms with Crippen molar-refractivity contribution in [2.24, 2.45) is 0 Å². The maximum atomic E-state index is 12.8. The van der Waals surface area contributed by atoms with E-state index < -0.39 is 29.6 Å². The van der Waals surface area contributed by atoms with Crippen molar-refractivity contribution in [3.8, 4) is 0 Å². The Labute approximate surface area is 175 Å². The third-order valence-corrected chi connectivity index (χ3v) is 4.19. The minimum absolute atomic E-state index is 0.0248. The molecule has 2 rings (SSSR count). The molecule has 1 aromatic carbocycles. The lowest BCUT2D eigenvalue weighted by Gasteiger charge is -2.29. The molecular formula is C21H25N3O4S. The highest BCUT2D eigenvalue weighted by atomic mass is 32.1. The molecule has 0 aromatic heterocycles. The third-order valence-electron chi connectivity index (χ3n) is 3.87. The van der Waals surface area contributed by atoms with Gasteiger partial charge in [-0.05, 0) is 51.0 Å². The van der Waals surface area contributed by atoms with Gasteiger partial charge in [-0.25, -0.2) is 4.79 Å². The van der Waals surface area contributed by atoms with Gasteiger partial charge in [0.2, 0.25) is 0 Å². The molecule has 0 unspecified atom stereocenters. The van der Waals surface area contributed by atoms with Crippen LogP contribution in [0.3, 0.4) is 0 Å². The maximum Gasteiger partial charge on any atom is 0.408 e. The van der Waals surface area contributed by atoms with Crippen LogP contribution in [0.4, 0.5) is 4.79 Å². The summed E-state index contributed by atoms with van der Waals surface area (Å²) < 4.78 is 5.32. The summed E-state index contributed by atoms with van der Waals surface area (Å²) in [5, 5.41) is 5.25. The van der Waals surface area contributed by atoms with E-state index in [0.717, 1.165) is 5.56 Å². The summed E-state index contributed by atoms with van der Waals surface area (Å²) in [5.74, 6) is -1.15. The minimum atomic E-state index is -0.681. The van der Waals surface area contributed by atoms with Crippen LogP contribution in [-0.4, -0.2) is 46.1 Å². The van der Waals surface area contributed by atoms with E-state index in [4.69, 9.17) is 17.0 Å². The lowest BCUT2D eigenvalue weighted by atomic mass is 10.0. The quantitative estimate of drug-likeness (QED) is 0.323. The van der Waals surface area contributed by atoms with Crippen LogP contribution in [0.25, 0.3) is 0 Å². The zero-order chi connectivity index (χ0) is 21.6. The predicted molar refractivity (Wildman–Crippen MR) is 114 cm³/mol. The highest BCUT2D eigenvalue weighted by Crippen LogP contribution is 2.14. The largest absolute Gasteiger partial charge is 0.444 e. The molecule has 1 aliphatic heterocycles. The summed E-state index contributed by atoms with van der Waals surface area (Å²) in [6.07, 6.45) is 2.68. The molecule has 154 valence electrons. The Morgan fingerprint density at radius 2 is 1.97 bits per heavy atom. The third kappa shape index (κ3) is 6.53. The number of nitrogens with one attached hydrogen (secondary N) is 2. The first kappa shape index (κ1) is 22.3. The summed E-state index contributed by atoms with van der Waals surface area (Å²) in [5.41, 5.74) is 0.143. The monoisotopic (exact) mass is 415 g/mol. The van der Waals surface area contributed by atoms with Gasteiger partial charge >= 0.3 is 6.09 Å². The molecule has 1 aromatic rings. The van der Waals surface area contributed by atoms with Gasteiger partial charge in [0.25, 0.3) is 11.8 Å². The van der Waals surface area contributed by atoms with E-state index in [9.17, 15) is 14.4 Å². The van der Waals surface area contributed by atoms with E-state index in [0.29, 0.717) is 6.42 Å². The normalized spacial score (nSPS) is 17.0. The fourth-order valence-corrected chi connectivity index (χ4v) is 2.94. The molecule has 0 radical (unpaired) electrons. The molecule has 1 atom stereocenters. The summed E-state index contributed by atoms with van der Waals surface area (Å²) in [6, 6.07) is 8.76. The molecule has 1 saturated heterocycles. The second kappa shape index (κ2) is 9.47. The van der Waals surface area contributed by atoms with Crippen LogP contribution in [0.2, 0.25) is 0 Å². The minimum Gasteiger partial charge on any atom is -0.444 e. The van der Waals surface area contributed by atoms with E-state index >= 15 is 0 Å². The van der Waals surface area contributed by atoms with Crippen molar-refractivity contribution in [3.63, 3.8) is 0 Å². The van der Waals surface area contributed by atoms with Gasteiger partial charge < -0.3 is 10.1 Å². The number of amides is 3. The van der Waals surface area contributed by atoms with Gasteiger partial charge in [-0.1, -0.05) is 36.4 Å². The fourth-order valence-electron chi connectivity index (χ4n) is 2.69. The van der Waals surface area contributed by atoms with Crippen molar-refractivity contribution in [2.75, 3.05) is 6.54 Å². The molecule has 0 bridgehead atoms. The Balaban J connectivity index is 2.32. The van der Waals surface area contributed by atoms with Crippen LogP contribution in [0.1, 0.15) is 26.3 Å². The highest BCUT2D eigenvalue weighted by Gasteiger charge is 2.33. The number of hydrogen-bond donors (Lipinski definition) is 2. The van der Waals surface area contributed by atoms with E-state index in [2.05, 4.69) is 17.2 Å². The first-order chi connectivity index (χ1) is 13.6. The first-order valence-electron chi connectivity index (χ1n) is 9.14. The van der Waals surface area contributed by atoms with Gasteiger partial charge in [-0.15, -0.1) is 6.58 Å². The average Bonchev–Trinajstić information content (AvgIpc) is 2.61. The number of alkyl carbamates (subject to hydrolysis) is 1. The Bertz CT molecular complexity index is 843. The van der Waals surface area contributed by atoms with E-state index in [1.807, 2.05) is 30.3 Å². The molecule has 1 heterocycles. The van der Waals surface area contributed by atoms with Gasteiger partial charge in [0.05, 0.1) is 6.04 Å². The van der Waals surface area contributed by atoms with Crippen LogP contribution < -0.4 is 10.6 Å². The SMILES string of the molecule is C=CCN1C(=O)/C(=C/[C@H](Cc2ccccc2)NC(=O)OC(C)(C)C)C(=O)NC1=S. The van der Waals surface area contributed by atoms with Crippen molar-refractivity contribution >= 4 is 35.2 Å². The van der Waals surface area contributed by atoms with Crippen molar-refractivity contribution in [2.45, 2.75) is 38.8 Å². The summed E-state index contributed by atoms with van der Waals surface area (Å²) in [7, 11) is 0. The fraction of sp³-hybridized carbons (Fsp3) is 0.333. The van der Waals surface area contributed by atoms with Gasteiger partial charge in [0, 0.05) is 6.54 Å². The Morgan fingerprint density at radius 1 is 1.31 bits per heavy atom. The van der Waals surface area contributed by atoms with Gasteiger partial charge in [-0.3, -0.25) is 19.8 Å². The Hall–Kier alpha value is -3.00. The molecule has 1 aliphatic rings. The van der Waals surface area contributed by atoms with E-state index in [-0.39, 0.29) is 17.2 Å². The summed E-state index contributed by atoms with van der Waals surface area (Å²) in [4.78, 5) is 38.7. The molecule has 2 N–H and O–H groups in total.